The normalized spacial score (nSPS) is 50.8. The van der Waals surface area contributed by atoms with Crippen molar-refractivity contribution in [2.45, 2.75) is 95.9 Å². The quantitative estimate of drug-likeness (QED) is 0.611. The number of aliphatic hydroxyl groups is 1. The van der Waals surface area contributed by atoms with Crippen LogP contribution in [0.1, 0.15) is 78.1 Å². The summed E-state index contributed by atoms with van der Waals surface area (Å²) in [6, 6.07) is 0. The third kappa shape index (κ3) is 3.20. The molecule has 3 N–H and O–H groups in total. The number of hydrogen-bond acceptors (Lipinski definition) is 6. The first kappa shape index (κ1) is 23.3. The number of carbonyl (C=O) groups is 1. The van der Waals surface area contributed by atoms with Crippen LogP contribution in [-0.4, -0.2) is 60.0 Å². The number of rotatable bonds is 3. The van der Waals surface area contributed by atoms with E-state index in [0.717, 1.165) is 25.2 Å². The average molecular weight is 473 g/mol. The Morgan fingerprint density at radius 2 is 1.88 bits per heavy atom. The van der Waals surface area contributed by atoms with E-state index in [4.69, 9.17) is 15.2 Å². The number of carbonyl (C=O) groups excluding carboxylic acids is 1. The van der Waals surface area contributed by atoms with E-state index in [0.29, 0.717) is 49.2 Å². The van der Waals surface area contributed by atoms with E-state index in [-0.39, 0.29) is 29.5 Å². The number of fused-ring (bicyclic) bond motifs is 5. The summed E-state index contributed by atoms with van der Waals surface area (Å²) in [5.74, 6) is 1.84. The molecular formula is C28H44N2O4. The van der Waals surface area contributed by atoms with Crippen LogP contribution in [0.2, 0.25) is 0 Å². The molecule has 6 aliphatic rings. The van der Waals surface area contributed by atoms with E-state index >= 15 is 0 Å². The maximum atomic E-state index is 12.9. The Morgan fingerprint density at radius 3 is 2.71 bits per heavy atom. The van der Waals surface area contributed by atoms with Gasteiger partial charge in [0.15, 0.2) is 0 Å². The molecule has 2 aliphatic heterocycles. The highest BCUT2D eigenvalue weighted by Gasteiger charge is 2.68. The largest absolute Gasteiger partial charge is 0.453 e. The van der Waals surface area contributed by atoms with Crippen LogP contribution in [0.5, 0.6) is 0 Å². The molecule has 5 fully saturated rings. The number of morpholine rings is 1. The Hall–Kier alpha value is -1.11. The van der Waals surface area contributed by atoms with Crippen molar-refractivity contribution in [2.75, 3.05) is 26.2 Å². The molecule has 0 bridgehead atoms. The fourth-order valence-electron chi connectivity index (χ4n) is 9.79. The lowest BCUT2D eigenvalue weighted by Gasteiger charge is -2.63. The van der Waals surface area contributed by atoms with Crippen molar-refractivity contribution in [3.8, 4) is 0 Å². The first-order chi connectivity index (χ1) is 16.3. The molecule has 4 aliphatic carbocycles. The summed E-state index contributed by atoms with van der Waals surface area (Å²) in [6.45, 7) is 7.24. The minimum Gasteiger partial charge on any atom is -0.453 e. The van der Waals surface area contributed by atoms with Crippen LogP contribution in [0.15, 0.2) is 11.8 Å². The molecule has 2 heterocycles. The first-order valence-corrected chi connectivity index (χ1v) is 14.0. The Labute approximate surface area is 204 Å². The highest BCUT2D eigenvalue weighted by molar-refractivity contribution is 5.90. The maximum absolute atomic E-state index is 12.9. The molecule has 190 valence electrons. The van der Waals surface area contributed by atoms with Gasteiger partial charge in [0.2, 0.25) is 0 Å². The van der Waals surface area contributed by atoms with Crippen LogP contribution in [0.25, 0.3) is 0 Å². The predicted molar refractivity (Wildman–Crippen MR) is 130 cm³/mol. The van der Waals surface area contributed by atoms with Crippen molar-refractivity contribution < 1.29 is 19.4 Å². The number of cyclic esters (lactones) is 1. The minimum atomic E-state index is -0.640. The summed E-state index contributed by atoms with van der Waals surface area (Å²) in [4.78, 5) is 15.0. The zero-order valence-electron chi connectivity index (χ0n) is 21.1. The molecule has 0 aromatic rings. The van der Waals surface area contributed by atoms with E-state index in [1.807, 2.05) is 0 Å². The molecule has 0 amide bonds. The Bertz CT molecular complexity index is 861. The van der Waals surface area contributed by atoms with Crippen LogP contribution in [-0.2, 0) is 14.3 Å². The topological polar surface area (TPSA) is 85.0 Å². The molecule has 0 aromatic carbocycles. The highest BCUT2D eigenvalue weighted by atomic mass is 16.6. The Balaban J connectivity index is 1.25. The third-order valence-electron chi connectivity index (χ3n) is 11.8. The highest BCUT2D eigenvalue weighted by Crippen LogP contribution is 2.69. The minimum absolute atomic E-state index is 0.0397. The van der Waals surface area contributed by atoms with Gasteiger partial charge in [-0.05, 0) is 80.6 Å². The van der Waals surface area contributed by atoms with Crippen LogP contribution in [0.4, 0.5) is 0 Å². The molecular weight excluding hydrogens is 428 g/mol. The maximum Gasteiger partial charge on any atom is 0.355 e. The van der Waals surface area contributed by atoms with Gasteiger partial charge in [-0.1, -0.05) is 26.7 Å². The predicted octanol–water partition coefficient (Wildman–Crippen LogP) is 3.62. The van der Waals surface area contributed by atoms with Gasteiger partial charge in [0.05, 0.1) is 18.3 Å². The summed E-state index contributed by atoms with van der Waals surface area (Å²) < 4.78 is 11.7. The molecule has 1 saturated heterocycles. The van der Waals surface area contributed by atoms with Crippen molar-refractivity contribution in [3.05, 3.63) is 11.8 Å². The summed E-state index contributed by atoms with van der Waals surface area (Å²) in [5, 5.41) is 12.4. The molecule has 6 nitrogen and oxygen atoms in total. The summed E-state index contributed by atoms with van der Waals surface area (Å²) in [6.07, 6.45) is 13.7. The average Bonchev–Trinajstić information content (AvgIpc) is 3.35. The van der Waals surface area contributed by atoms with Crippen LogP contribution in [0.3, 0.4) is 0 Å². The van der Waals surface area contributed by atoms with E-state index in [2.05, 4.69) is 24.8 Å². The van der Waals surface area contributed by atoms with Gasteiger partial charge in [0.25, 0.3) is 0 Å². The van der Waals surface area contributed by atoms with Gasteiger partial charge in [0, 0.05) is 31.0 Å². The van der Waals surface area contributed by atoms with Crippen LogP contribution in [0, 0.1) is 34.5 Å². The molecule has 1 unspecified atom stereocenters. The standard InChI is InChI=1S/C28H44N2O4/c1-26-10-4-3-5-18(26)6-7-21-20(26)8-11-27(2)22(9-12-28(21,27)32)24-15-23(25(31)34-24)30-13-14-33-19(16-29)17-30/h15,18-22,24,32H,3-14,16-17,29H2,1-2H3/t18?,19-,20-,21+,22-,24-,26-,27+,28-/m0/s1. The molecule has 6 heteroatoms. The van der Waals surface area contributed by atoms with E-state index in [1.165, 1.54) is 44.9 Å². The van der Waals surface area contributed by atoms with Crippen molar-refractivity contribution in [2.24, 2.45) is 40.2 Å². The van der Waals surface area contributed by atoms with Crippen molar-refractivity contribution in [3.63, 3.8) is 0 Å². The van der Waals surface area contributed by atoms with E-state index < -0.39 is 5.60 Å². The summed E-state index contributed by atoms with van der Waals surface area (Å²) >= 11 is 0. The number of hydrogen-bond donors (Lipinski definition) is 2. The van der Waals surface area contributed by atoms with Gasteiger partial charge in [-0.2, -0.15) is 0 Å². The molecule has 4 saturated carbocycles. The van der Waals surface area contributed by atoms with Crippen LogP contribution >= 0.6 is 0 Å². The number of nitrogens with zero attached hydrogens (tertiary/aromatic N) is 1. The third-order valence-corrected chi connectivity index (χ3v) is 11.8. The van der Waals surface area contributed by atoms with Gasteiger partial charge >= 0.3 is 5.97 Å². The lowest BCUT2D eigenvalue weighted by Crippen LogP contribution is -2.62. The van der Waals surface area contributed by atoms with Gasteiger partial charge < -0.3 is 25.2 Å². The fraction of sp³-hybridized carbons (Fsp3) is 0.893. The number of esters is 1. The summed E-state index contributed by atoms with van der Waals surface area (Å²) in [7, 11) is 0. The smallest absolute Gasteiger partial charge is 0.355 e. The second kappa shape index (κ2) is 8.21. The number of nitrogens with two attached hydrogens (primary N) is 1. The summed E-state index contributed by atoms with van der Waals surface area (Å²) in [5.41, 5.74) is 6.06. The monoisotopic (exact) mass is 472 g/mol. The van der Waals surface area contributed by atoms with Gasteiger partial charge in [-0.25, -0.2) is 4.79 Å². The van der Waals surface area contributed by atoms with Crippen molar-refractivity contribution in [1.29, 1.82) is 0 Å². The Morgan fingerprint density at radius 1 is 1.06 bits per heavy atom. The second-order valence-corrected chi connectivity index (χ2v) is 12.9. The fourth-order valence-corrected chi connectivity index (χ4v) is 9.79. The zero-order valence-corrected chi connectivity index (χ0v) is 21.1. The van der Waals surface area contributed by atoms with E-state index in [1.54, 1.807) is 0 Å². The zero-order chi connectivity index (χ0) is 23.7. The number of ether oxygens (including phenoxy) is 2. The van der Waals surface area contributed by atoms with Gasteiger partial charge in [0.1, 0.15) is 11.8 Å². The van der Waals surface area contributed by atoms with Crippen LogP contribution < -0.4 is 5.73 Å². The molecule has 6 rings (SSSR count). The lowest BCUT2D eigenvalue weighted by atomic mass is 9.43. The van der Waals surface area contributed by atoms with Crippen molar-refractivity contribution >= 4 is 5.97 Å². The molecule has 0 aromatic heterocycles. The second-order valence-electron chi connectivity index (χ2n) is 12.9. The first-order valence-electron chi connectivity index (χ1n) is 14.0. The molecule has 0 spiro atoms. The van der Waals surface area contributed by atoms with Gasteiger partial charge in [-0.15, -0.1) is 0 Å². The SMILES string of the molecule is C[C@]12CCCCC1CC[C@@H]1[C@@H]2CC[C@]2(C)[C@H]([C@@H]3C=C(N4CCO[C@@H](CN)C4)C(=O)O3)CC[C@]12O. The lowest BCUT2D eigenvalue weighted by molar-refractivity contribution is -0.211. The Kier molecular flexibility index (Phi) is 5.62. The molecule has 34 heavy (non-hydrogen) atoms. The van der Waals surface area contributed by atoms with E-state index in [9.17, 15) is 9.90 Å². The molecule has 0 radical (unpaired) electrons. The van der Waals surface area contributed by atoms with Crippen molar-refractivity contribution in [1.82, 2.24) is 4.90 Å². The molecule has 9 atom stereocenters. The van der Waals surface area contributed by atoms with Gasteiger partial charge in [-0.3, -0.25) is 0 Å².